The Morgan fingerprint density at radius 2 is 2.21 bits per heavy atom. The molecule has 5 nitrogen and oxygen atoms in total. The fourth-order valence-electron chi connectivity index (χ4n) is 1.74. The number of methoxy groups -OCH3 is 1. The van der Waals surface area contributed by atoms with Crippen LogP contribution in [0, 0.1) is 0 Å². The standard InChI is InChI=1S/C13H16ClN3O2/c1-18-11-8-9(14)5-6-10(11)13-16-12(19-17-13)4-2-3-7-15/h5-6,8H,2-4,7,15H2,1H3. The molecule has 0 aliphatic rings. The molecule has 1 aromatic heterocycles. The Kier molecular flexibility index (Phi) is 4.76. The van der Waals surface area contributed by atoms with Crippen molar-refractivity contribution in [3.63, 3.8) is 0 Å². The Morgan fingerprint density at radius 1 is 1.37 bits per heavy atom. The van der Waals surface area contributed by atoms with Gasteiger partial charge in [0.2, 0.25) is 11.7 Å². The zero-order valence-corrected chi connectivity index (χ0v) is 11.5. The van der Waals surface area contributed by atoms with Crippen LogP contribution >= 0.6 is 11.6 Å². The summed E-state index contributed by atoms with van der Waals surface area (Å²) in [6, 6.07) is 5.31. The summed E-state index contributed by atoms with van der Waals surface area (Å²) in [4.78, 5) is 4.35. The fraction of sp³-hybridized carbons (Fsp3) is 0.385. The van der Waals surface area contributed by atoms with Crippen molar-refractivity contribution in [2.75, 3.05) is 13.7 Å². The second-order valence-corrected chi connectivity index (χ2v) is 4.54. The van der Waals surface area contributed by atoms with Crippen molar-refractivity contribution in [1.29, 1.82) is 0 Å². The molecular formula is C13H16ClN3O2. The van der Waals surface area contributed by atoms with Gasteiger partial charge in [-0.15, -0.1) is 0 Å². The molecule has 0 bridgehead atoms. The van der Waals surface area contributed by atoms with Gasteiger partial charge in [0.25, 0.3) is 0 Å². The highest BCUT2D eigenvalue weighted by atomic mass is 35.5. The molecule has 0 radical (unpaired) electrons. The molecule has 0 amide bonds. The van der Waals surface area contributed by atoms with Crippen LogP contribution in [0.5, 0.6) is 5.75 Å². The SMILES string of the molecule is COc1cc(Cl)ccc1-c1noc(CCCCN)n1. The number of rotatable bonds is 6. The van der Waals surface area contributed by atoms with Gasteiger partial charge in [0, 0.05) is 11.4 Å². The van der Waals surface area contributed by atoms with Crippen LogP contribution in [0.25, 0.3) is 11.4 Å². The maximum Gasteiger partial charge on any atom is 0.226 e. The molecule has 0 aliphatic heterocycles. The molecule has 0 fully saturated rings. The first-order chi connectivity index (χ1) is 9.24. The van der Waals surface area contributed by atoms with Crippen LogP contribution in [-0.4, -0.2) is 23.8 Å². The van der Waals surface area contributed by atoms with E-state index < -0.39 is 0 Å². The van der Waals surface area contributed by atoms with Gasteiger partial charge in [0.15, 0.2) is 0 Å². The van der Waals surface area contributed by atoms with Gasteiger partial charge in [-0.25, -0.2) is 0 Å². The molecule has 2 aromatic rings. The number of ether oxygens (including phenoxy) is 1. The van der Waals surface area contributed by atoms with E-state index in [4.69, 9.17) is 26.6 Å². The first kappa shape index (κ1) is 13.8. The van der Waals surface area contributed by atoms with E-state index >= 15 is 0 Å². The third-order valence-electron chi connectivity index (χ3n) is 2.72. The van der Waals surface area contributed by atoms with Crippen molar-refractivity contribution in [3.05, 3.63) is 29.1 Å². The summed E-state index contributed by atoms with van der Waals surface area (Å²) in [6.07, 6.45) is 2.62. The van der Waals surface area contributed by atoms with Crippen LogP contribution in [0.4, 0.5) is 0 Å². The van der Waals surface area contributed by atoms with Gasteiger partial charge >= 0.3 is 0 Å². The van der Waals surface area contributed by atoms with Gasteiger partial charge in [0.05, 0.1) is 12.7 Å². The molecule has 0 unspecified atom stereocenters. The van der Waals surface area contributed by atoms with Crippen molar-refractivity contribution in [3.8, 4) is 17.1 Å². The molecule has 19 heavy (non-hydrogen) atoms. The summed E-state index contributed by atoms with van der Waals surface area (Å²) < 4.78 is 10.5. The Balaban J connectivity index is 2.18. The largest absolute Gasteiger partial charge is 0.496 e. The van der Waals surface area contributed by atoms with Crippen LogP contribution in [0.2, 0.25) is 5.02 Å². The first-order valence-electron chi connectivity index (χ1n) is 6.11. The van der Waals surface area contributed by atoms with Crippen molar-refractivity contribution >= 4 is 11.6 Å². The number of nitrogens with zero attached hydrogens (tertiary/aromatic N) is 2. The predicted octanol–water partition coefficient (Wildman–Crippen LogP) is 2.68. The molecule has 1 heterocycles. The lowest BCUT2D eigenvalue weighted by Gasteiger charge is -2.04. The van der Waals surface area contributed by atoms with Crippen LogP contribution in [0.3, 0.4) is 0 Å². The second-order valence-electron chi connectivity index (χ2n) is 4.10. The highest BCUT2D eigenvalue weighted by Gasteiger charge is 2.13. The maximum absolute atomic E-state index is 5.92. The van der Waals surface area contributed by atoms with E-state index in [1.165, 1.54) is 0 Å². The van der Waals surface area contributed by atoms with Gasteiger partial charge in [-0.2, -0.15) is 4.98 Å². The lowest BCUT2D eigenvalue weighted by molar-refractivity contribution is 0.374. The van der Waals surface area contributed by atoms with E-state index in [1.54, 1.807) is 19.2 Å². The van der Waals surface area contributed by atoms with E-state index in [2.05, 4.69) is 10.1 Å². The van der Waals surface area contributed by atoms with Crippen molar-refractivity contribution in [1.82, 2.24) is 10.1 Å². The van der Waals surface area contributed by atoms with E-state index in [9.17, 15) is 0 Å². The Labute approximate surface area is 116 Å². The number of hydrogen-bond acceptors (Lipinski definition) is 5. The zero-order valence-electron chi connectivity index (χ0n) is 10.7. The minimum Gasteiger partial charge on any atom is -0.496 e. The summed E-state index contributed by atoms with van der Waals surface area (Å²) in [6.45, 7) is 0.673. The molecule has 1 aromatic carbocycles. The van der Waals surface area contributed by atoms with Gasteiger partial charge in [-0.05, 0) is 37.6 Å². The number of hydrogen-bond donors (Lipinski definition) is 1. The van der Waals surface area contributed by atoms with Gasteiger partial charge < -0.3 is 15.0 Å². The monoisotopic (exact) mass is 281 g/mol. The van der Waals surface area contributed by atoms with E-state index in [0.29, 0.717) is 29.0 Å². The Morgan fingerprint density at radius 3 is 2.95 bits per heavy atom. The van der Waals surface area contributed by atoms with Crippen LogP contribution in [-0.2, 0) is 6.42 Å². The lowest BCUT2D eigenvalue weighted by Crippen LogP contribution is -1.99. The normalized spacial score (nSPS) is 10.7. The third kappa shape index (κ3) is 3.45. The van der Waals surface area contributed by atoms with Crippen LogP contribution < -0.4 is 10.5 Å². The van der Waals surface area contributed by atoms with Crippen molar-refractivity contribution in [2.45, 2.75) is 19.3 Å². The second kappa shape index (κ2) is 6.54. The molecule has 6 heteroatoms. The smallest absolute Gasteiger partial charge is 0.226 e. The quantitative estimate of drug-likeness (QED) is 0.824. The number of unbranched alkanes of at least 4 members (excludes halogenated alkanes) is 1. The molecule has 0 saturated heterocycles. The summed E-state index contributed by atoms with van der Waals surface area (Å²) in [5, 5.41) is 4.57. The van der Waals surface area contributed by atoms with E-state index in [-0.39, 0.29) is 0 Å². The highest BCUT2D eigenvalue weighted by Crippen LogP contribution is 2.30. The summed E-state index contributed by atoms with van der Waals surface area (Å²) >= 11 is 5.92. The molecule has 0 saturated carbocycles. The molecule has 2 rings (SSSR count). The van der Waals surface area contributed by atoms with Crippen molar-refractivity contribution < 1.29 is 9.26 Å². The molecule has 0 spiro atoms. The van der Waals surface area contributed by atoms with Gasteiger partial charge in [-0.1, -0.05) is 16.8 Å². The number of halogens is 1. The third-order valence-corrected chi connectivity index (χ3v) is 2.95. The van der Waals surface area contributed by atoms with E-state index in [0.717, 1.165) is 24.8 Å². The number of aromatic nitrogens is 2. The number of benzene rings is 1. The number of aryl methyl sites for hydroxylation is 1. The molecule has 0 atom stereocenters. The maximum atomic E-state index is 5.92. The molecule has 2 N–H and O–H groups in total. The topological polar surface area (TPSA) is 74.2 Å². The van der Waals surface area contributed by atoms with Crippen LogP contribution in [0.1, 0.15) is 18.7 Å². The number of nitrogens with two attached hydrogens (primary N) is 1. The predicted molar refractivity (Wildman–Crippen MR) is 73.3 cm³/mol. The molecular weight excluding hydrogens is 266 g/mol. The Hall–Kier alpha value is -1.59. The summed E-state index contributed by atoms with van der Waals surface area (Å²) in [7, 11) is 1.58. The van der Waals surface area contributed by atoms with Gasteiger partial charge in [-0.3, -0.25) is 0 Å². The minimum absolute atomic E-state index is 0.510. The highest BCUT2D eigenvalue weighted by molar-refractivity contribution is 6.30. The first-order valence-corrected chi connectivity index (χ1v) is 6.49. The van der Waals surface area contributed by atoms with E-state index in [1.807, 2.05) is 6.07 Å². The molecule has 102 valence electrons. The summed E-state index contributed by atoms with van der Waals surface area (Å²) in [5.41, 5.74) is 6.21. The summed E-state index contributed by atoms with van der Waals surface area (Å²) in [5.74, 6) is 1.75. The van der Waals surface area contributed by atoms with Crippen LogP contribution in [0.15, 0.2) is 22.7 Å². The average Bonchev–Trinajstić information content (AvgIpc) is 2.87. The lowest BCUT2D eigenvalue weighted by atomic mass is 10.2. The van der Waals surface area contributed by atoms with Crippen molar-refractivity contribution in [2.24, 2.45) is 5.73 Å². The molecule has 0 aliphatic carbocycles. The Bertz CT molecular complexity index is 542. The fourth-order valence-corrected chi connectivity index (χ4v) is 1.90. The average molecular weight is 282 g/mol. The van der Waals surface area contributed by atoms with Gasteiger partial charge in [0.1, 0.15) is 5.75 Å². The zero-order chi connectivity index (χ0) is 13.7. The minimum atomic E-state index is 0.510.